The molecule has 1 heterocycles. The van der Waals surface area contributed by atoms with Crippen LogP contribution in [0.4, 0.5) is 0 Å². The van der Waals surface area contributed by atoms with Gasteiger partial charge >= 0.3 is 0 Å². The molecular weight excluding hydrogens is 246 g/mol. The van der Waals surface area contributed by atoms with E-state index in [1.807, 2.05) is 0 Å². The van der Waals surface area contributed by atoms with Crippen molar-refractivity contribution in [3.63, 3.8) is 0 Å². The molecule has 17 heavy (non-hydrogen) atoms. The monoisotopic (exact) mass is 261 g/mol. The molecule has 0 bridgehead atoms. The van der Waals surface area contributed by atoms with Crippen LogP contribution in [0.25, 0.3) is 0 Å². The number of hydrogen-bond acceptors (Lipinski definition) is 5. The van der Waals surface area contributed by atoms with E-state index < -0.39 is 10.0 Å². The van der Waals surface area contributed by atoms with E-state index >= 15 is 0 Å². The van der Waals surface area contributed by atoms with Gasteiger partial charge in [0.05, 0.1) is 6.20 Å². The Kier molecular flexibility index (Phi) is 4.07. The largest absolute Gasteiger partial charge is 0.409 e. The molecule has 96 valence electrons. The van der Waals surface area contributed by atoms with E-state index in [0.717, 1.165) is 4.31 Å². The zero-order valence-corrected chi connectivity index (χ0v) is 10.3. The van der Waals surface area contributed by atoms with Crippen LogP contribution in [0.5, 0.6) is 0 Å². The summed E-state index contributed by atoms with van der Waals surface area (Å²) in [6, 6.07) is 0. The van der Waals surface area contributed by atoms with Crippen LogP contribution in [0, 0.1) is 5.92 Å². The van der Waals surface area contributed by atoms with Crippen LogP contribution >= 0.6 is 0 Å². The van der Waals surface area contributed by atoms with Crippen LogP contribution in [-0.4, -0.2) is 47.6 Å². The van der Waals surface area contributed by atoms with Gasteiger partial charge in [-0.25, -0.2) is 12.7 Å². The van der Waals surface area contributed by atoms with Gasteiger partial charge in [0.15, 0.2) is 0 Å². The van der Waals surface area contributed by atoms with Gasteiger partial charge in [0, 0.05) is 25.7 Å². The Morgan fingerprint density at radius 3 is 2.88 bits per heavy atom. The second kappa shape index (κ2) is 5.15. The maximum Gasteiger partial charge on any atom is 0.245 e. The lowest BCUT2D eigenvalue weighted by atomic mass is 10.2. The first-order valence-electron chi connectivity index (χ1n) is 4.82. The lowest BCUT2D eigenvalue weighted by Gasteiger charge is -2.19. The van der Waals surface area contributed by atoms with E-state index in [2.05, 4.69) is 15.4 Å². The fraction of sp³-hybridized carbons (Fsp3) is 0.500. The fourth-order valence-electron chi connectivity index (χ4n) is 1.24. The van der Waals surface area contributed by atoms with Crippen molar-refractivity contribution in [1.82, 2.24) is 14.5 Å². The summed E-state index contributed by atoms with van der Waals surface area (Å²) in [6.07, 6.45) is 2.51. The summed E-state index contributed by atoms with van der Waals surface area (Å²) in [5.74, 6) is -0.397. The Morgan fingerprint density at radius 2 is 2.41 bits per heavy atom. The molecule has 0 saturated heterocycles. The fourth-order valence-corrected chi connectivity index (χ4v) is 2.40. The van der Waals surface area contributed by atoms with Gasteiger partial charge in [-0.3, -0.25) is 5.10 Å². The van der Waals surface area contributed by atoms with Crippen molar-refractivity contribution >= 4 is 15.9 Å². The van der Waals surface area contributed by atoms with Crippen molar-refractivity contribution in [2.24, 2.45) is 16.8 Å². The number of amidine groups is 1. The second-order valence-electron chi connectivity index (χ2n) is 3.65. The molecule has 0 amide bonds. The van der Waals surface area contributed by atoms with Gasteiger partial charge in [0.25, 0.3) is 0 Å². The van der Waals surface area contributed by atoms with Crippen molar-refractivity contribution in [3.05, 3.63) is 12.4 Å². The Balaban J connectivity index is 2.81. The lowest BCUT2D eigenvalue weighted by molar-refractivity contribution is 0.312. The Hall–Kier alpha value is -1.61. The third kappa shape index (κ3) is 2.94. The van der Waals surface area contributed by atoms with E-state index in [0.29, 0.717) is 0 Å². The molecule has 0 radical (unpaired) electrons. The molecule has 9 heteroatoms. The molecular formula is C8H15N5O3S. The van der Waals surface area contributed by atoms with Gasteiger partial charge < -0.3 is 10.9 Å². The predicted molar refractivity (Wildman–Crippen MR) is 61.0 cm³/mol. The van der Waals surface area contributed by atoms with Crippen molar-refractivity contribution in [3.8, 4) is 0 Å². The Morgan fingerprint density at radius 1 is 1.76 bits per heavy atom. The third-order valence-electron chi connectivity index (χ3n) is 2.33. The van der Waals surface area contributed by atoms with Crippen molar-refractivity contribution < 1.29 is 13.6 Å². The first-order chi connectivity index (χ1) is 7.89. The van der Waals surface area contributed by atoms with Crippen molar-refractivity contribution in [2.45, 2.75) is 11.8 Å². The zero-order valence-electron chi connectivity index (χ0n) is 9.53. The molecule has 1 rings (SSSR count). The van der Waals surface area contributed by atoms with E-state index in [-0.39, 0.29) is 23.2 Å². The lowest BCUT2D eigenvalue weighted by Crippen LogP contribution is -2.36. The topological polar surface area (TPSA) is 125 Å². The Bertz CT molecular complexity index is 481. The number of aromatic amines is 1. The summed E-state index contributed by atoms with van der Waals surface area (Å²) in [6.45, 7) is 1.78. The quantitative estimate of drug-likeness (QED) is 0.283. The molecule has 0 spiro atoms. The van der Waals surface area contributed by atoms with E-state index in [1.54, 1.807) is 6.92 Å². The number of H-pyrrole nitrogens is 1. The highest BCUT2D eigenvalue weighted by atomic mass is 32.2. The van der Waals surface area contributed by atoms with Gasteiger partial charge in [-0.2, -0.15) is 5.10 Å². The number of hydrogen-bond donors (Lipinski definition) is 3. The predicted octanol–water partition coefficient (Wildman–Crippen LogP) is -0.587. The summed E-state index contributed by atoms with van der Waals surface area (Å²) in [7, 11) is -2.16. The normalized spacial score (nSPS) is 15.1. The van der Waals surface area contributed by atoms with Gasteiger partial charge in [-0.1, -0.05) is 12.1 Å². The molecule has 1 atom stereocenters. The number of nitrogens with zero attached hydrogens (tertiary/aromatic N) is 3. The summed E-state index contributed by atoms with van der Waals surface area (Å²) in [5, 5.41) is 17.3. The molecule has 1 unspecified atom stereocenters. The number of nitrogens with one attached hydrogen (secondary N) is 1. The van der Waals surface area contributed by atoms with E-state index in [4.69, 9.17) is 10.9 Å². The number of sulfonamides is 1. The number of aromatic nitrogens is 2. The molecule has 0 saturated carbocycles. The average molecular weight is 261 g/mol. The minimum atomic E-state index is -3.59. The highest BCUT2D eigenvalue weighted by molar-refractivity contribution is 7.89. The van der Waals surface area contributed by atoms with Crippen LogP contribution in [0.15, 0.2) is 22.4 Å². The highest BCUT2D eigenvalue weighted by Crippen LogP contribution is 2.13. The van der Waals surface area contributed by atoms with Crippen LogP contribution in [-0.2, 0) is 10.0 Å². The van der Waals surface area contributed by atoms with Crippen LogP contribution in [0.2, 0.25) is 0 Å². The van der Waals surface area contributed by atoms with E-state index in [9.17, 15) is 8.42 Å². The molecule has 0 aliphatic carbocycles. The standard InChI is InChI=1S/C8H15N5O3S/c1-6(8(9)12-14)5-13(2)17(15,16)7-3-10-11-4-7/h3-4,6,14H,5H2,1-2H3,(H2,9,12)(H,10,11). The molecule has 8 nitrogen and oxygen atoms in total. The van der Waals surface area contributed by atoms with Crippen LogP contribution < -0.4 is 5.73 Å². The van der Waals surface area contributed by atoms with E-state index in [1.165, 1.54) is 19.4 Å². The SMILES string of the molecule is CC(CN(C)S(=O)(=O)c1cn[nH]c1)C(N)=NO. The smallest absolute Gasteiger partial charge is 0.245 e. The minimum absolute atomic E-state index is 0.0146. The number of nitrogens with two attached hydrogens (primary N) is 1. The zero-order chi connectivity index (χ0) is 13.1. The number of rotatable bonds is 5. The van der Waals surface area contributed by atoms with Crippen molar-refractivity contribution in [1.29, 1.82) is 0 Å². The van der Waals surface area contributed by atoms with Crippen molar-refractivity contribution in [2.75, 3.05) is 13.6 Å². The Labute approximate surface area is 99.2 Å². The summed E-state index contributed by atoms with van der Waals surface area (Å²) >= 11 is 0. The van der Waals surface area contributed by atoms with Gasteiger partial charge in [-0.15, -0.1) is 0 Å². The minimum Gasteiger partial charge on any atom is -0.409 e. The third-order valence-corrected chi connectivity index (χ3v) is 4.12. The molecule has 0 aliphatic rings. The van der Waals surface area contributed by atoms with Crippen LogP contribution in [0.1, 0.15) is 6.92 Å². The second-order valence-corrected chi connectivity index (χ2v) is 5.69. The van der Waals surface area contributed by atoms with Gasteiger partial charge in [-0.05, 0) is 0 Å². The summed E-state index contributed by atoms with van der Waals surface area (Å²) in [5.41, 5.74) is 5.39. The highest BCUT2D eigenvalue weighted by Gasteiger charge is 2.24. The molecule has 4 N–H and O–H groups in total. The first kappa shape index (κ1) is 13.5. The summed E-state index contributed by atoms with van der Waals surface area (Å²) in [4.78, 5) is 0.0757. The summed E-state index contributed by atoms with van der Waals surface area (Å²) < 4.78 is 25.1. The molecule has 1 aromatic rings. The van der Waals surface area contributed by atoms with Crippen LogP contribution in [0.3, 0.4) is 0 Å². The first-order valence-corrected chi connectivity index (χ1v) is 6.26. The molecule has 1 aromatic heterocycles. The molecule has 0 aromatic carbocycles. The molecule has 0 aliphatic heterocycles. The van der Waals surface area contributed by atoms with Gasteiger partial charge in [0.1, 0.15) is 10.7 Å². The average Bonchev–Trinajstić information content (AvgIpc) is 2.81. The van der Waals surface area contributed by atoms with Gasteiger partial charge in [0.2, 0.25) is 10.0 Å². The number of oxime groups is 1. The maximum atomic E-state index is 12.0. The molecule has 0 fully saturated rings. The maximum absolute atomic E-state index is 12.0.